The third-order valence-corrected chi connectivity index (χ3v) is 3.91. The van der Waals surface area contributed by atoms with Crippen LogP contribution in [-0.4, -0.2) is 49.7 Å². The smallest absolute Gasteiger partial charge is 0.137 e. The first-order chi connectivity index (χ1) is 10.6. The molecular weight excluding hydrogens is 278 g/mol. The third kappa shape index (κ3) is 5.13. The van der Waals surface area contributed by atoms with Gasteiger partial charge in [-0.05, 0) is 31.9 Å². The van der Waals surface area contributed by atoms with Gasteiger partial charge >= 0.3 is 0 Å². The Bertz CT molecular complexity index is 467. The molecule has 0 amide bonds. The molecule has 0 saturated carbocycles. The Labute approximate surface area is 133 Å². The van der Waals surface area contributed by atoms with Gasteiger partial charge in [-0.15, -0.1) is 6.58 Å². The average molecular weight is 306 g/mol. The van der Waals surface area contributed by atoms with Crippen LogP contribution >= 0.6 is 0 Å². The fraction of sp³-hybridized carbons (Fsp3) is 0.556. The van der Waals surface area contributed by atoms with Crippen LogP contribution in [0.1, 0.15) is 19.4 Å². The zero-order valence-corrected chi connectivity index (χ0v) is 13.6. The molecule has 1 fully saturated rings. The van der Waals surface area contributed by atoms with Crippen LogP contribution in [0.5, 0.6) is 5.75 Å². The number of hydrogen-bond acceptors (Lipinski definition) is 3. The molecule has 1 saturated heterocycles. The van der Waals surface area contributed by atoms with Gasteiger partial charge in [0.05, 0.1) is 0 Å². The van der Waals surface area contributed by atoms with Crippen LogP contribution in [0.15, 0.2) is 36.9 Å². The normalized spacial score (nSPS) is 26.4. The number of allylic oxidation sites excluding steroid dienone is 1. The SMILES string of the molecule is C=CCc1ccccc1OC[C@H](O)C[NH+]1C[C@@H](C)O[C@@H](C)C1. The molecule has 4 atom stereocenters. The first-order valence-corrected chi connectivity index (χ1v) is 8.07. The molecule has 4 nitrogen and oxygen atoms in total. The van der Waals surface area contributed by atoms with E-state index in [0.717, 1.165) is 30.8 Å². The number of quaternary nitrogens is 1. The summed E-state index contributed by atoms with van der Waals surface area (Å²) >= 11 is 0. The van der Waals surface area contributed by atoms with Gasteiger partial charge in [0.25, 0.3) is 0 Å². The quantitative estimate of drug-likeness (QED) is 0.734. The highest BCUT2D eigenvalue weighted by Crippen LogP contribution is 2.18. The summed E-state index contributed by atoms with van der Waals surface area (Å²) in [6.07, 6.45) is 2.67. The molecule has 1 aliphatic rings. The van der Waals surface area contributed by atoms with Gasteiger partial charge in [-0.3, -0.25) is 0 Å². The molecule has 0 aliphatic carbocycles. The molecule has 1 aromatic carbocycles. The van der Waals surface area contributed by atoms with E-state index in [1.54, 1.807) is 0 Å². The zero-order chi connectivity index (χ0) is 15.9. The molecule has 0 radical (unpaired) electrons. The van der Waals surface area contributed by atoms with Crippen LogP contribution in [0, 0.1) is 0 Å². The second-order valence-electron chi connectivity index (χ2n) is 6.19. The van der Waals surface area contributed by atoms with Crippen molar-refractivity contribution in [2.75, 3.05) is 26.2 Å². The molecule has 22 heavy (non-hydrogen) atoms. The molecule has 1 aromatic rings. The number of morpholine rings is 1. The first kappa shape index (κ1) is 17.0. The van der Waals surface area contributed by atoms with E-state index in [0.29, 0.717) is 13.2 Å². The second kappa shape index (κ2) is 8.32. The molecule has 0 aromatic heterocycles. The molecule has 0 bridgehead atoms. The third-order valence-electron chi connectivity index (χ3n) is 3.91. The molecule has 1 heterocycles. The van der Waals surface area contributed by atoms with Crippen molar-refractivity contribution in [3.05, 3.63) is 42.5 Å². The molecule has 2 rings (SSSR count). The maximum atomic E-state index is 10.2. The minimum atomic E-state index is -0.468. The minimum absolute atomic E-state index is 0.250. The van der Waals surface area contributed by atoms with E-state index >= 15 is 0 Å². The monoisotopic (exact) mass is 306 g/mol. The van der Waals surface area contributed by atoms with E-state index in [4.69, 9.17) is 9.47 Å². The number of nitrogens with one attached hydrogen (secondary N) is 1. The van der Waals surface area contributed by atoms with E-state index in [2.05, 4.69) is 20.4 Å². The van der Waals surface area contributed by atoms with Crippen LogP contribution in [0.3, 0.4) is 0 Å². The van der Waals surface area contributed by atoms with Gasteiger partial charge in [-0.1, -0.05) is 24.3 Å². The highest BCUT2D eigenvalue weighted by atomic mass is 16.5. The molecule has 122 valence electrons. The summed E-state index contributed by atoms with van der Waals surface area (Å²) in [6, 6.07) is 7.91. The maximum Gasteiger partial charge on any atom is 0.137 e. The molecular formula is C18H28NO3+. The number of rotatable bonds is 7. The van der Waals surface area contributed by atoms with Crippen LogP contribution < -0.4 is 9.64 Å². The van der Waals surface area contributed by atoms with Gasteiger partial charge in [-0.25, -0.2) is 0 Å². The van der Waals surface area contributed by atoms with Crippen molar-refractivity contribution in [3.63, 3.8) is 0 Å². The van der Waals surface area contributed by atoms with Crippen LogP contribution in [0.25, 0.3) is 0 Å². The highest BCUT2D eigenvalue weighted by Gasteiger charge is 2.27. The van der Waals surface area contributed by atoms with Gasteiger partial charge in [-0.2, -0.15) is 0 Å². The van der Waals surface area contributed by atoms with Crippen molar-refractivity contribution in [3.8, 4) is 5.75 Å². The first-order valence-electron chi connectivity index (χ1n) is 8.07. The lowest BCUT2D eigenvalue weighted by atomic mass is 10.1. The van der Waals surface area contributed by atoms with Gasteiger partial charge in [0.1, 0.15) is 50.3 Å². The van der Waals surface area contributed by atoms with E-state index in [9.17, 15) is 5.11 Å². The Morgan fingerprint density at radius 2 is 2.05 bits per heavy atom. The zero-order valence-electron chi connectivity index (χ0n) is 13.6. The molecule has 1 unspecified atom stereocenters. The second-order valence-corrected chi connectivity index (χ2v) is 6.19. The minimum Gasteiger partial charge on any atom is -0.490 e. The van der Waals surface area contributed by atoms with Crippen molar-refractivity contribution in [1.29, 1.82) is 0 Å². The van der Waals surface area contributed by atoms with E-state index in [-0.39, 0.29) is 12.2 Å². The summed E-state index contributed by atoms with van der Waals surface area (Å²) in [4.78, 5) is 1.38. The standard InChI is InChI=1S/C18H27NO3/c1-4-7-16-8-5-6-9-18(16)21-13-17(20)12-19-10-14(2)22-15(3)11-19/h4-6,8-9,14-15,17,20H,1,7,10-13H2,2-3H3/p+1/t14-,15+,17-/m1/s1. The lowest BCUT2D eigenvalue weighted by Crippen LogP contribution is -3.16. The van der Waals surface area contributed by atoms with Gasteiger partial charge in [0.2, 0.25) is 0 Å². The maximum absolute atomic E-state index is 10.2. The van der Waals surface area contributed by atoms with E-state index < -0.39 is 6.10 Å². The van der Waals surface area contributed by atoms with Crippen molar-refractivity contribution >= 4 is 0 Å². The molecule has 2 N–H and O–H groups in total. The number of para-hydroxylation sites is 1. The predicted octanol–water partition coefficient (Wildman–Crippen LogP) is 0.847. The van der Waals surface area contributed by atoms with Crippen molar-refractivity contribution in [2.24, 2.45) is 0 Å². The van der Waals surface area contributed by atoms with E-state index in [1.165, 1.54) is 4.90 Å². The van der Waals surface area contributed by atoms with E-state index in [1.807, 2.05) is 30.3 Å². The molecule has 0 spiro atoms. The lowest BCUT2D eigenvalue weighted by Gasteiger charge is -2.33. The Morgan fingerprint density at radius 1 is 1.36 bits per heavy atom. The van der Waals surface area contributed by atoms with Crippen LogP contribution in [0.2, 0.25) is 0 Å². The van der Waals surface area contributed by atoms with Crippen molar-refractivity contribution in [1.82, 2.24) is 0 Å². The fourth-order valence-electron chi connectivity index (χ4n) is 3.10. The highest BCUT2D eigenvalue weighted by molar-refractivity contribution is 5.34. The van der Waals surface area contributed by atoms with Crippen molar-refractivity contribution in [2.45, 2.75) is 38.6 Å². The fourth-order valence-corrected chi connectivity index (χ4v) is 3.10. The molecule has 1 aliphatic heterocycles. The molecule has 4 heteroatoms. The summed E-state index contributed by atoms with van der Waals surface area (Å²) in [7, 11) is 0. The Morgan fingerprint density at radius 3 is 2.73 bits per heavy atom. The lowest BCUT2D eigenvalue weighted by molar-refractivity contribution is -0.918. The number of benzene rings is 1. The largest absolute Gasteiger partial charge is 0.490 e. The number of ether oxygens (including phenoxy) is 2. The summed E-state index contributed by atoms with van der Waals surface area (Å²) in [5.41, 5.74) is 1.10. The van der Waals surface area contributed by atoms with Gasteiger partial charge in [0, 0.05) is 0 Å². The summed E-state index contributed by atoms with van der Waals surface area (Å²) in [5.74, 6) is 0.833. The number of hydrogen-bond donors (Lipinski definition) is 2. The van der Waals surface area contributed by atoms with Gasteiger partial charge in [0.15, 0.2) is 0 Å². The summed E-state index contributed by atoms with van der Waals surface area (Å²) in [6.45, 7) is 10.8. The number of aliphatic hydroxyl groups excluding tert-OH is 1. The summed E-state index contributed by atoms with van der Waals surface area (Å²) < 4.78 is 11.5. The topological polar surface area (TPSA) is 43.1 Å². The van der Waals surface area contributed by atoms with Crippen LogP contribution in [-0.2, 0) is 11.2 Å². The summed E-state index contributed by atoms with van der Waals surface area (Å²) in [5, 5.41) is 10.2. The Balaban J connectivity index is 1.82. The predicted molar refractivity (Wildman–Crippen MR) is 87.4 cm³/mol. The Hall–Kier alpha value is -1.36. The Kier molecular flexibility index (Phi) is 6.43. The van der Waals surface area contributed by atoms with Crippen molar-refractivity contribution < 1.29 is 19.5 Å². The number of aliphatic hydroxyl groups is 1. The van der Waals surface area contributed by atoms with Crippen LogP contribution in [0.4, 0.5) is 0 Å². The van der Waals surface area contributed by atoms with Gasteiger partial charge < -0.3 is 19.5 Å². The average Bonchev–Trinajstić information content (AvgIpc) is 2.45.